The smallest absolute Gasteiger partial charge is 0.181 e. The molecule has 0 radical (unpaired) electrons. The van der Waals surface area contributed by atoms with Crippen molar-refractivity contribution in [1.29, 1.82) is 0 Å². The number of aliphatic hydroxyl groups is 1. The number of ether oxygens (including phenoxy) is 1. The second-order valence-corrected chi connectivity index (χ2v) is 7.51. The van der Waals surface area contributed by atoms with Gasteiger partial charge in [0.1, 0.15) is 5.69 Å². The van der Waals surface area contributed by atoms with Crippen LogP contribution in [0.3, 0.4) is 0 Å². The summed E-state index contributed by atoms with van der Waals surface area (Å²) in [6.45, 7) is 1.77. The Morgan fingerprint density at radius 1 is 1.12 bits per heavy atom. The first-order chi connectivity index (χ1) is 15.8. The fraction of sp³-hybridized carbons (Fsp3) is 0.217. The summed E-state index contributed by atoms with van der Waals surface area (Å²) < 4.78 is 5.30. The molecular formula is C23H23N7O2. The summed E-state index contributed by atoms with van der Waals surface area (Å²) >= 11 is 0. The SMILES string of the molecule is COCc1cccc2[nH]c(-c3[nH]nc4ncc(-c5cncc(CNCCO)c5)cc34)nc12. The van der Waals surface area contributed by atoms with E-state index >= 15 is 0 Å². The first kappa shape index (κ1) is 20.3. The van der Waals surface area contributed by atoms with E-state index in [1.807, 2.05) is 36.7 Å². The second kappa shape index (κ2) is 8.83. The summed E-state index contributed by atoms with van der Waals surface area (Å²) in [5, 5.41) is 20.4. The second-order valence-electron chi connectivity index (χ2n) is 7.51. The molecule has 0 saturated carbocycles. The van der Waals surface area contributed by atoms with Crippen LogP contribution in [0, 0.1) is 0 Å². The van der Waals surface area contributed by atoms with Crippen LogP contribution in [0.2, 0.25) is 0 Å². The molecule has 4 aromatic heterocycles. The maximum Gasteiger partial charge on any atom is 0.181 e. The Morgan fingerprint density at radius 2 is 2.03 bits per heavy atom. The zero-order chi connectivity index (χ0) is 21.9. The topological polar surface area (TPSA) is 125 Å². The lowest BCUT2D eigenvalue weighted by atomic mass is 10.1. The molecule has 0 bridgehead atoms. The summed E-state index contributed by atoms with van der Waals surface area (Å²) in [5.74, 6) is 0.699. The lowest BCUT2D eigenvalue weighted by molar-refractivity contribution is 0.186. The van der Waals surface area contributed by atoms with E-state index in [1.54, 1.807) is 13.3 Å². The number of aromatic nitrogens is 6. The Labute approximate surface area is 183 Å². The van der Waals surface area contributed by atoms with Crippen molar-refractivity contribution in [2.75, 3.05) is 20.3 Å². The molecule has 4 heterocycles. The van der Waals surface area contributed by atoms with Crippen molar-refractivity contribution < 1.29 is 9.84 Å². The number of H-pyrrole nitrogens is 2. The fourth-order valence-corrected chi connectivity index (χ4v) is 3.77. The van der Waals surface area contributed by atoms with Crippen molar-refractivity contribution in [3.63, 3.8) is 0 Å². The van der Waals surface area contributed by atoms with Gasteiger partial charge in [0, 0.05) is 55.5 Å². The molecule has 0 saturated heterocycles. The van der Waals surface area contributed by atoms with Crippen LogP contribution < -0.4 is 5.32 Å². The Hall–Kier alpha value is -3.66. The predicted octanol–water partition coefficient (Wildman–Crippen LogP) is 2.79. The summed E-state index contributed by atoms with van der Waals surface area (Å²) in [5.41, 5.74) is 7.17. The molecule has 0 aliphatic rings. The van der Waals surface area contributed by atoms with Gasteiger partial charge >= 0.3 is 0 Å². The number of hydrogen-bond donors (Lipinski definition) is 4. The van der Waals surface area contributed by atoms with Gasteiger partial charge in [-0.3, -0.25) is 10.1 Å². The van der Waals surface area contributed by atoms with E-state index in [9.17, 15) is 0 Å². The number of aliphatic hydroxyl groups excluding tert-OH is 1. The van der Waals surface area contributed by atoms with E-state index in [-0.39, 0.29) is 6.61 Å². The Kier molecular flexibility index (Phi) is 5.59. The molecule has 162 valence electrons. The number of imidazole rings is 1. The highest BCUT2D eigenvalue weighted by atomic mass is 16.5. The van der Waals surface area contributed by atoms with Crippen molar-refractivity contribution in [2.45, 2.75) is 13.2 Å². The minimum absolute atomic E-state index is 0.103. The minimum Gasteiger partial charge on any atom is -0.395 e. The molecule has 0 spiro atoms. The van der Waals surface area contributed by atoms with Crippen LogP contribution in [0.5, 0.6) is 0 Å². The van der Waals surface area contributed by atoms with Crippen LogP contribution in [0.15, 0.2) is 48.9 Å². The first-order valence-electron chi connectivity index (χ1n) is 10.3. The predicted molar refractivity (Wildman–Crippen MR) is 122 cm³/mol. The van der Waals surface area contributed by atoms with E-state index in [1.165, 1.54) is 0 Å². The third-order valence-corrected chi connectivity index (χ3v) is 5.29. The van der Waals surface area contributed by atoms with Gasteiger partial charge in [-0.05, 0) is 23.8 Å². The van der Waals surface area contributed by atoms with Crippen molar-refractivity contribution in [3.05, 3.63) is 60.0 Å². The van der Waals surface area contributed by atoms with Gasteiger partial charge in [-0.2, -0.15) is 5.10 Å². The van der Waals surface area contributed by atoms with Crippen LogP contribution >= 0.6 is 0 Å². The average Bonchev–Trinajstić information content (AvgIpc) is 3.44. The Bertz CT molecular complexity index is 1380. The Morgan fingerprint density at radius 3 is 2.91 bits per heavy atom. The summed E-state index contributed by atoms with van der Waals surface area (Å²) in [6.07, 6.45) is 5.43. The lowest BCUT2D eigenvalue weighted by Crippen LogP contribution is -2.17. The van der Waals surface area contributed by atoms with Gasteiger partial charge in [-0.25, -0.2) is 9.97 Å². The number of fused-ring (bicyclic) bond motifs is 2. The third kappa shape index (κ3) is 3.84. The molecule has 0 amide bonds. The van der Waals surface area contributed by atoms with Crippen LogP contribution in [-0.2, 0) is 17.9 Å². The number of para-hydroxylation sites is 1. The highest BCUT2D eigenvalue weighted by molar-refractivity contribution is 5.93. The number of pyridine rings is 2. The van der Waals surface area contributed by atoms with Crippen LogP contribution in [-0.4, -0.2) is 55.5 Å². The number of nitrogens with zero attached hydrogens (tertiary/aromatic N) is 4. The lowest BCUT2D eigenvalue weighted by Gasteiger charge is -2.06. The van der Waals surface area contributed by atoms with Crippen molar-refractivity contribution >= 4 is 22.1 Å². The zero-order valence-corrected chi connectivity index (χ0v) is 17.6. The zero-order valence-electron chi connectivity index (χ0n) is 17.6. The molecule has 0 unspecified atom stereocenters. The van der Waals surface area contributed by atoms with Crippen molar-refractivity contribution in [1.82, 2.24) is 35.5 Å². The standard InChI is InChI=1S/C23H23N7O2/c1-32-13-15-3-2-4-19-20(15)28-23(27-19)21-18-8-17(12-26-22(18)30-29-21)16-7-14(10-25-11-16)9-24-5-6-31/h2-4,7-8,10-12,24,31H,5-6,9,13H2,1H3,(H,27,28)(H,26,29,30). The van der Waals surface area contributed by atoms with Gasteiger partial charge in [0.05, 0.1) is 29.6 Å². The average molecular weight is 429 g/mol. The van der Waals surface area contributed by atoms with Crippen molar-refractivity contribution in [2.24, 2.45) is 0 Å². The molecule has 0 aliphatic carbocycles. The van der Waals surface area contributed by atoms with Crippen LogP contribution in [0.25, 0.3) is 44.7 Å². The highest BCUT2D eigenvalue weighted by Crippen LogP contribution is 2.30. The van der Waals surface area contributed by atoms with Gasteiger partial charge < -0.3 is 20.1 Å². The molecule has 9 nitrogen and oxygen atoms in total. The van der Waals surface area contributed by atoms with E-state index in [0.29, 0.717) is 31.2 Å². The van der Waals surface area contributed by atoms with Gasteiger partial charge in [-0.1, -0.05) is 12.1 Å². The number of nitrogens with one attached hydrogen (secondary N) is 3. The maximum atomic E-state index is 8.96. The monoisotopic (exact) mass is 429 g/mol. The molecule has 5 rings (SSSR count). The van der Waals surface area contributed by atoms with Gasteiger partial charge in [-0.15, -0.1) is 0 Å². The number of rotatable bonds is 8. The molecule has 0 aliphatic heterocycles. The van der Waals surface area contributed by atoms with Crippen molar-refractivity contribution in [3.8, 4) is 22.6 Å². The van der Waals surface area contributed by atoms with Gasteiger partial charge in [0.25, 0.3) is 0 Å². The third-order valence-electron chi connectivity index (χ3n) is 5.29. The minimum atomic E-state index is 0.103. The molecule has 32 heavy (non-hydrogen) atoms. The van der Waals surface area contributed by atoms with Crippen LogP contribution in [0.4, 0.5) is 0 Å². The molecule has 1 aromatic carbocycles. The fourth-order valence-electron chi connectivity index (χ4n) is 3.77. The number of aromatic amines is 2. The van der Waals surface area contributed by atoms with E-state index in [0.717, 1.165) is 44.4 Å². The van der Waals surface area contributed by atoms with E-state index in [2.05, 4.69) is 36.5 Å². The molecular weight excluding hydrogens is 406 g/mol. The Balaban J connectivity index is 1.53. The quantitative estimate of drug-likeness (QED) is 0.280. The highest BCUT2D eigenvalue weighted by Gasteiger charge is 2.15. The molecule has 0 fully saturated rings. The first-order valence-corrected chi connectivity index (χ1v) is 10.3. The van der Waals surface area contributed by atoms with E-state index < -0.39 is 0 Å². The largest absolute Gasteiger partial charge is 0.395 e. The molecule has 4 N–H and O–H groups in total. The summed E-state index contributed by atoms with van der Waals surface area (Å²) in [4.78, 5) is 17.1. The molecule has 9 heteroatoms. The van der Waals surface area contributed by atoms with Crippen LogP contribution in [0.1, 0.15) is 11.1 Å². The molecule has 0 atom stereocenters. The van der Waals surface area contributed by atoms with Gasteiger partial charge in [0.15, 0.2) is 11.5 Å². The summed E-state index contributed by atoms with van der Waals surface area (Å²) in [6, 6.07) is 10.1. The maximum absolute atomic E-state index is 8.96. The summed E-state index contributed by atoms with van der Waals surface area (Å²) in [7, 11) is 1.68. The molecule has 5 aromatic rings. The normalized spacial score (nSPS) is 11.6. The number of hydrogen-bond acceptors (Lipinski definition) is 7. The van der Waals surface area contributed by atoms with E-state index in [4.69, 9.17) is 14.8 Å². The van der Waals surface area contributed by atoms with Gasteiger partial charge in [0.2, 0.25) is 0 Å². The number of benzene rings is 1. The number of methoxy groups -OCH3 is 1.